The molecule has 2 heteroatoms. The zero-order valence-corrected chi connectivity index (χ0v) is 8.05. The number of halogens is 1. The van der Waals surface area contributed by atoms with Gasteiger partial charge in [-0.3, -0.25) is 0 Å². The van der Waals surface area contributed by atoms with Crippen LogP contribution >= 0.6 is 0 Å². The predicted octanol–water partition coefficient (Wildman–Crippen LogP) is 2.97. The standard InChI is InChI=1S/C11H15FO/c1-3-4-11(13)9-5-8(2)6-10(12)7-9/h5-7,11,13H,3-4H2,1-2H3/t11-/m0/s1. The van der Waals surface area contributed by atoms with Gasteiger partial charge >= 0.3 is 0 Å². The average Bonchev–Trinajstić information content (AvgIpc) is 2.03. The summed E-state index contributed by atoms with van der Waals surface area (Å²) in [5.41, 5.74) is 1.53. The molecule has 1 atom stereocenters. The van der Waals surface area contributed by atoms with E-state index in [4.69, 9.17) is 0 Å². The van der Waals surface area contributed by atoms with Gasteiger partial charge in [0.2, 0.25) is 0 Å². The molecule has 72 valence electrons. The molecule has 13 heavy (non-hydrogen) atoms. The number of aliphatic hydroxyl groups is 1. The average molecular weight is 182 g/mol. The van der Waals surface area contributed by atoms with Crippen molar-refractivity contribution in [2.75, 3.05) is 0 Å². The minimum absolute atomic E-state index is 0.273. The zero-order valence-electron chi connectivity index (χ0n) is 8.05. The van der Waals surface area contributed by atoms with Crippen LogP contribution in [0.15, 0.2) is 18.2 Å². The lowest BCUT2D eigenvalue weighted by Crippen LogP contribution is -1.97. The van der Waals surface area contributed by atoms with Crippen LogP contribution in [-0.4, -0.2) is 5.11 Å². The number of hydrogen-bond donors (Lipinski definition) is 1. The first-order chi connectivity index (χ1) is 6.13. The molecular formula is C11H15FO. The fraction of sp³-hybridized carbons (Fsp3) is 0.455. The highest BCUT2D eigenvalue weighted by molar-refractivity contribution is 5.25. The summed E-state index contributed by atoms with van der Waals surface area (Å²) in [5.74, 6) is -0.273. The first kappa shape index (κ1) is 10.2. The third-order valence-corrected chi connectivity index (χ3v) is 2.01. The highest BCUT2D eigenvalue weighted by Gasteiger charge is 2.07. The van der Waals surface area contributed by atoms with Gasteiger partial charge in [-0.1, -0.05) is 19.4 Å². The molecule has 1 N–H and O–H groups in total. The van der Waals surface area contributed by atoms with E-state index in [0.29, 0.717) is 12.0 Å². The minimum Gasteiger partial charge on any atom is -0.388 e. The van der Waals surface area contributed by atoms with Crippen molar-refractivity contribution >= 4 is 0 Å². The van der Waals surface area contributed by atoms with E-state index in [1.807, 2.05) is 19.9 Å². The van der Waals surface area contributed by atoms with Gasteiger partial charge in [-0.2, -0.15) is 0 Å². The molecule has 0 radical (unpaired) electrons. The molecule has 0 aliphatic rings. The molecule has 0 heterocycles. The lowest BCUT2D eigenvalue weighted by atomic mass is 10.0. The van der Waals surface area contributed by atoms with Crippen LogP contribution < -0.4 is 0 Å². The Balaban J connectivity index is 2.87. The smallest absolute Gasteiger partial charge is 0.123 e. The molecule has 0 aliphatic heterocycles. The third-order valence-electron chi connectivity index (χ3n) is 2.01. The first-order valence-corrected chi connectivity index (χ1v) is 4.58. The maximum absolute atomic E-state index is 12.9. The van der Waals surface area contributed by atoms with E-state index >= 15 is 0 Å². The summed E-state index contributed by atoms with van der Waals surface area (Å²) in [6, 6.07) is 4.68. The third kappa shape index (κ3) is 2.81. The van der Waals surface area contributed by atoms with Crippen molar-refractivity contribution in [2.24, 2.45) is 0 Å². The molecular weight excluding hydrogens is 167 g/mol. The quantitative estimate of drug-likeness (QED) is 0.762. The van der Waals surface area contributed by atoms with Crippen molar-refractivity contribution in [3.63, 3.8) is 0 Å². The van der Waals surface area contributed by atoms with Crippen molar-refractivity contribution in [3.8, 4) is 0 Å². The van der Waals surface area contributed by atoms with Gasteiger partial charge in [-0.25, -0.2) is 4.39 Å². The summed E-state index contributed by atoms with van der Waals surface area (Å²) in [6.45, 7) is 3.82. The fourth-order valence-electron chi connectivity index (χ4n) is 1.40. The molecule has 1 aromatic carbocycles. The summed E-state index contributed by atoms with van der Waals surface area (Å²) < 4.78 is 12.9. The lowest BCUT2D eigenvalue weighted by Gasteiger charge is -2.10. The molecule has 0 bridgehead atoms. The molecule has 1 rings (SSSR count). The van der Waals surface area contributed by atoms with Gasteiger partial charge < -0.3 is 5.11 Å². The molecule has 0 amide bonds. The molecule has 1 aromatic rings. The van der Waals surface area contributed by atoms with Gasteiger partial charge in [-0.15, -0.1) is 0 Å². The van der Waals surface area contributed by atoms with E-state index in [1.54, 1.807) is 0 Å². The van der Waals surface area contributed by atoms with Crippen LogP contribution in [0.1, 0.15) is 37.0 Å². The molecule has 1 nitrogen and oxygen atoms in total. The number of aliphatic hydroxyl groups excluding tert-OH is 1. The van der Waals surface area contributed by atoms with Crippen LogP contribution in [0.25, 0.3) is 0 Å². The van der Waals surface area contributed by atoms with Gasteiger partial charge in [0.1, 0.15) is 5.82 Å². The highest BCUT2D eigenvalue weighted by Crippen LogP contribution is 2.20. The normalized spacial score (nSPS) is 12.9. The molecule has 0 aromatic heterocycles. The van der Waals surface area contributed by atoms with Gasteiger partial charge in [0, 0.05) is 0 Å². The number of rotatable bonds is 3. The van der Waals surface area contributed by atoms with E-state index in [2.05, 4.69) is 0 Å². The number of aryl methyl sites for hydroxylation is 1. The van der Waals surface area contributed by atoms with Crippen LogP contribution in [0.3, 0.4) is 0 Å². The van der Waals surface area contributed by atoms with Crippen LogP contribution in [0.2, 0.25) is 0 Å². The SMILES string of the molecule is CCC[C@H](O)c1cc(C)cc(F)c1. The van der Waals surface area contributed by atoms with Gasteiger partial charge in [0.15, 0.2) is 0 Å². The first-order valence-electron chi connectivity index (χ1n) is 4.58. The Hall–Kier alpha value is -0.890. The molecule has 0 fully saturated rings. The van der Waals surface area contributed by atoms with E-state index in [1.165, 1.54) is 12.1 Å². The zero-order chi connectivity index (χ0) is 9.84. The Kier molecular flexibility index (Phi) is 3.43. The summed E-state index contributed by atoms with van der Waals surface area (Å²) in [6.07, 6.45) is 1.05. The van der Waals surface area contributed by atoms with Crippen molar-refractivity contribution in [1.29, 1.82) is 0 Å². The van der Waals surface area contributed by atoms with Gasteiger partial charge in [0.25, 0.3) is 0 Å². The van der Waals surface area contributed by atoms with Crippen molar-refractivity contribution in [1.82, 2.24) is 0 Å². The van der Waals surface area contributed by atoms with Crippen LogP contribution in [0.4, 0.5) is 4.39 Å². The maximum Gasteiger partial charge on any atom is 0.123 e. The van der Waals surface area contributed by atoms with Crippen molar-refractivity contribution in [2.45, 2.75) is 32.8 Å². The summed E-state index contributed by atoms with van der Waals surface area (Å²) in [7, 11) is 0. The molecule has 0 saturated heterocycles. The predicted molar refractivity (Wildman–Crippen MR) is 51.0 cm³/mol. The molecule has 0 aliphatic carbocycles. The second-order valence-corrected chi connectivity index (χ2v) is 3.37. The molecule has 0 unspecified atom stereocenters. The highest BCUT2D eigenvalue weighted by atomic mass is 19.1. The van der Waals surface area contributed by atoms with E-state index < -0.39 is 6.10 Å². The Morgan fingerprint density at radius 1 is 1.38 bits per heavy atom. The van der Waals surface area contributed by atoms with E-state index in [9.17, 15) is 9.50 Å². The van der Waals surface area contributed by atoms with E-state index in [0.717, 1.165) is 12.0 Å². The largest absolute Gasteiger partial charge is 0.388 e. The monoisotopic (exact) mass is 182 g/mol. The van der Waals surface area contributed by atoms with Crippen LogP contribution in [0.5, 0.6) is 0 Å². The second kappa shape index (κ2) is 4.38. The van der Waals surface area contributed by atoms with Crippen LogP contribution in [0, 0.1) is 12.7 Å². The van der Waals surface area contributed by atoms with Crippen molar-refractivity contribution < 1.29 is 9.50 Å². The van der Waals surface area contributed by atoms with Gasteiger partial charge in [0.05, 0.1) is 6.10 Å². The maximum atomic E-state index is 12.9. The second-order valence-electron chi connectivity index (χ2n) is 3.37. The fourth-order valence-corrected chi connectivity index (χ4v) is 1.40. The number of hydrogen-bond acceptors (Lipinski definition) is 1. The molecule has 0 saturated carbocycles. The minimum atomic E-state index is -0.528. The lowest BCUT2D eigenvalue weighted by molar-refractivity contribution is 0.166. The van der Waals surface area contributed by atoms with Crippen LogP contribution in [-0.2, 0) is 0 Å². The topological polar surface area (TPSA) is 20.2 Å². The summed E-state index contributed by atoms with van der Waals surface area (Å²) in [4.78, 5) is 0. The summed E-state index contributed by atoms with van der Waals surface area (Å²) in [5, 5.41) is 9.60. The summed E-state index contributed by atoms with van der Waals surface area (Å²) >= 11 is 0. The Bertz CT molecular complexity index is 263. The van der Waals surface area contributed by atoms with Crippen molar-refractivity contribution in [3.05, 3.63) is 35.1 Å². The van der Waals surface area contributed by atoms with E-state index in [-0.39, 0.29) is 5.82 Å². The Morgan fingerprint density at radius 3 is 2.62 bits per heavy atom. The Morgan fingerprint density at radius 2 is 2.08 bits per heavy atom. The molecule has 0 spiro atoms. The Labute approximate surface area is 78.2 Å². The number of benzene rings is 1. The van der Waals surface area contributed by atoms with Gasteiger partial charge in [-0.05, 0) is 36.6 Å².